The third-order valence-corrected chi connectivity index (χ3v) is 3.03. The fourth-order valence-corrected chi connectivity index (χ4v) is 2.25. The van der Waals surface area contributed by atoms with Gasteiger partial charge < -0.3 is 4.80 Å². The lowest BCUT2D eigenvalue weighted by atomic mass is 9.97. The van der Waals surface area contributed by atoms with Crippen LogP contribution in [0.4, 0.5) is 0 Å². The van der Waals surface area contributed by atoms with E-state index in [0.717, 1.165) is 5.19 Å². The lowest BCUT2D eigenvalue weighted by Crippen LogP contribution is -2.20. The Kier molecular flexibility index (Phi) is 4.19. The van der Waals surface area contributed by atoms with Gasteiger partial charge in [-0.15, -0.1) is 0 Å². The Morgan fingerprint density at radius 3 is 2.69 bits per heavy atom. The molecule has 0 heterocycles. The molecular weight excluding hydrogens is 176 g/mol. The first-order valence-corrected chi connectivity index (χ1v) is 5.73. The molecule has 1 aromatic carbocycles. The van der Waals surface area contributed by atoms with Gasteiger partial charge >= 0.3 is 0 Å². The van der Waals surface area contributed by atoms with E-state index in [1.165, 1.54) is 18.4 Å². The minimum absolute atomic E-state index is 0.0739. The molecule has 1 aromatic rings. The van der Waals surface area contributed by atoms with Crippen molar-refractivity contribution in [3.8, 4) is 0 Å². The zero-order valence-corrected chi connectivity index (χ0v) is 9.25. The first kappa shape index (κ1) is 10.5. The monoisotopic (exact) mass is 192 g/mol. The Labute approximate surface area is 82.7 Å². The molecule has 1 atom stereocenters. The van der Waals surface area contributed by atoms with Crippen molar-refractivity contribution in [1.82, 2.24) is 0 Å². The normalized spacial score (nSPS) is 12.8. The molecule has 0 aliphatic rings. The summed E-state index contributed by atoms with van der Waals surface area (Å²) >= 11 is 0. The summed E-state index contributed by atoms with van der Waals surface area (Å²) in [6, 6.07) is 8.17. The van der Waals surface area contributed by atoms with Crippen LogP contribution in [-0.4, -0.2) is 14.6 Å². The molecule has 0 saturated carbocycles. The zero-order valence-electron chi connectivity index (χ0n) is 8.25. The van der Waals surface area contributed by atoms with E-state index in [1.54, 1.807) is 0 Å². The molecule has 0 amide bonds. The van der Waals surface area contributed by atoms with Crippen molar-refractivity contribution < 1.29 is 4.80 Å². The van der Waals surface area contributed by atoms with Crippen LogP contribution in [0.2, 0.25) is 0 Å². The van der Waals surface area contributed by atoms with E-state index in [9.17, 15) is 0 Å². The van der Waals surface area contributed by atoms with Gasteiger partial charge in [-0.2, -0.15) is 0 Å². The summed E-state index contributed by atoms with van der Waals surface area (Å²) in [6.07, 6.45) is 2.39. The van der Waals surface area contributed by atoms with Crippen LogP contribution in [0.5, 0.6) is 0 Å². The highest BCUT2D eigenvalue weighted by atomic mass is 28.2. The SMILES string of the molecule is CCCC(C)c1ccccc1[Si]O. The van der Waals surface area contributed by atoms with Gasteiger partial charge in [0, 0.05) is 0 Å². The van der Waals surface area contributed by atoms with Crippen LogP contribution < -0.4 is 5.19 Å². The first-order valence-electron chi connectivity index (χ1n) is 4.78. The molecule has 0 aromatic heterocycles. The molecule has 0 bridgehead atoms. The van der Waals surface area contributed by atoms with Gasteiger partial charge in [0.25, 0.3) is 9.76 Å². The Morgan fingerprint density at radius 1 is 1.38 bits per heavy atom. The maximum absolute atomic E-state index is 9.16. The predicted octanol–water partition coefficient (Wildman–Crippen LogP) is 1.83. The zero-order chi connectivity index (χ0) is 9.68. The number of benzene rings is 1. The molecule has 1 N–H and O–H groups in total. The summed E-state index contributed by atoms with van der Waals surface area (Å²) < 4.78 is 0. The lowest BCUT2D eigenvalue weighted by molar-refractivity contribution is 0.612. The molecule has 2 radical (unpaired) electrons. The molecule has 1 unspecified atom stereocenters. The predicted molar refractivity (Wildman–Crippen MR) is 57.4 cm³/mol. The third kappa shape index (κ3) is 2.67. The molecule has 0 spiro atoms. The summed E-state index contributed by atoms with van der Waals surface area (Å²) in [5.41, 5.74) is 1.31. The van der Waals surface area contributed by atoms with Crippen LogP contribution in [0.3, 0.4) is 0 Å². The maximum atomic E-state index is 9.16. The van der Waals surface area contributed by atoms with Crippen molar-refractivity contribution in [2.45, 2.75) is 32.6 Å². The number of rotatable bonds is 4. The summed E-state index contributed by atoms with van der Waals surface area (Å²) in [4.78, 5) is 9.16. The van der Waals surface area contributed by atoms with Gasteiger partial charge in [0.05, 0.1) is 0 Å². The highest BCUT2D eigenvalue weighted by molar-refractivity contribution is 6.46. The van der Waals surface area contributed by atoms with Gasteiger partial charge in [0.2, 0.25) is 0 Å². The second-order valence-electron chi connectivity index (χ2n) is 3.39. The average Bonchev–Trinajstić information content (AvgIpc) is 2.18. The van der Waals surface area contributed by atoms with Gasteiger partial charge in [0.15, 0.2) is 0 Å². The van der Waals surface area contributed by atoms with Crippen molar-refractivity contribution >= 4 is 14.9 Å². The van der Waals surface area contributed by atoms with Gasteiger partial charge in [-0.05, 0) is 23.1 Å². The van der Waals surface area contributed by atoms with Crippen molar-refractivity contribution in [1.29, 1.82) is 0 Å². The highest BCUT2D eigenvalue weighted by Crippen LogP contribution is 2.17. The second-order valence-corrected chi connectivity index (χ2v) is 4.15. The van der Waals surface area contributed by atoms with Crippen LogP contribution in [0.1, 0.15) is 38.2 Å². The van der Waals surface area contributed by atoms with E-state index in [2.05, 4.69) is 19.9 Å². The topological polar surface area (TPSA) is 20.2 Å². The molecule has 0 fully saturated rings. The lowest BCUT2D eigenvalue weighted by Gasteiger charge is -2.13. The molecule has 0 saturated heterocycles. The standard InChI is InChI=1S/C11H16OSi/c1-3-6-9(2)10-7-4-5-8-11(10)13-12/h4-5,7-9,12H,3,6H2,1-2H3. The average molecular weight is 192 g/mol. The molecule has 70 valence electrons. The molecule has 0 aliphatic carbocycles. The van der Waals surface area contributed by atoms with Gasteiger partial charge in [-0.25, -0.2) is 0 Å². The fraction of sp³-hybridized carbons (Fsp3) is 0.455. The Bertz CT molecular complexity index is 260. The van der Waals surface area contributed by atoms with E-state index in [1.807, 2.05) is 18.2 Å². The van der Waals surface area contributed by atoms with Crippen molar-refractivity contribution in [3.63, 3.8) is 0 Å². The van der Waals surface area contributed by atoms with Crippen LogP contribution in [0.25, 0.3) is 0 Å². The van der Waals surface area contributed by atoms with Gasteiger partial charge in [-0.3, -0.25) is 0 Å². The van der Waals surface area contributed by atoms with Crippen LogP contribution in [0.15, 0.2) is 24.3 Å². The molecule has 0 aliphatic heterocycles. The van der Waals surface area contributed by atoms with Crippen molar-refractivity contribution in [3.05, 3.63) is 29.8 Å². The van der Waals surface area contributed by atoms with E-state index in [4.69, 9.17) is 4.80 Å². The minimum atomic E-state index is -0.0739. The van der Waals surface area contributed by atoms with Crippen LogP contribution in [-0.2, 0) is 0 Å². The minimum Gasteiger partial charge on any atom is -0.428 e. The first-order chi connectivity index (χ1) is 6.29. The summed E-state index contributed by atoms with van der Waals surface area (Å²) in [7, 11) is -0.0739. The highest BCUT2D eigenvalue weighted by Gasteiger charge is 2.08. The van der Waals surface area contributed by atoms with Crippen molar-refractivity contribution in [2.75, 3.05) is 0 Å². The van der Waals surface area contributed by atoms with E-state index < -0.39 is 0 Å². The number of hydrogen-bond donors (Lipinski definition) is 1. The molecule has 1 nitrogen and oxygen atoms in total. The Hall–Kier alpha value is -0.603. The van der Waals surface area contributed by atoms with Gasteiger partial charge in [-0.1, -0.05) is 44.5 Å². The van der Waals surface area contributed by atoms with E-state index in [0.29, 0.717) is 5.92 Å². The molecular formula is C11H16OSi. The largest absolute Gasteiger partial charge is 0.428 e. The maximum Gasteiger partial charge on any atom is 0.265 e. The molecule has 2 heteroatoms. The number of hydrogen-bond acceptors (Lipinski definition) is 1. The summed E-state index contributed by atoms with van der Waals surface area (Å²) in [6.45, 7) is 4.42. The second kappa shape index (κ2) is 5.20. The van der Waals surface area contributed by atoms with E-state index in [-0.39, 0.29) is 9.76 Å². The summed E-state index contributed by atoms with van der Waals surface area (Å²) in [5.74, 6) is 0.570. The third-order valence-electron chi connectivity index (χ3n) is 2.33. The van der Waals surface area contributed by atoms with E-state index >= 15 is 0 Å². The quantitative estimate of drug-likeness (QED) is 0.722. The van der Waals surface area contributed by atoms with Gasteiger partial charge in [0.1, 0.15) is 0 Å². The fourth-order valence-electron chi connectivity index (χ4n) is 1.62. The van der Waals surface area contributed by atoms with Crippen LogP contribution in [0, 0.1) is 0 Å². The molecule has 13 heavy (non-hydrogen) atoms. The smallest absolute Gasteiger partial charge is 0.265 e. The summed E-state index contributed by atoms with van der Waals surface area (Å²) in [5, 5.41) is 1.10. The Balaban J connectivity index is 2.85. The molecule has 1 rings (SSSR count). The van der Waals surface area contributed by atoms with Crippen molar-refractivity contribution in [2.24, 2.45) is 0 Å². The Morgan fingerprint density at radius 2 is 2.08 bits per heavy atom. The van der Waals surface area contributed by atoms with Crippen LogP contribution >= 0.6 is 0 Å².